The first kappa shape index (κ1) is 14.0. The van der Waals surface area contributed by atoms with E-state index in [9.17, 15) is 0 Å². The lowest BCUT2D eigenvalue weighted by Crippen LogP contribution is -2.37. The molecule has 0 unspecified atom stereocenters. The van der Waals surface area contributed by atoms with Gasteiger partial charge in [-0.3, -0.25) is 5.43 Å². The Hall–Kier alpha value is -1.07. The Kier molecular flexibility index (Phi) is 4.96. The number of halogens is 1. The van der Waals surface area contributed by atoms with Crippen molar-refractivity contribution < 1.29 is 0 Å². The van der Waals surface area contributed by atoms with Gasteiger partial charge in [-0.1, -0.05) is 6.07 Å². The molecule has 0 heterocycles. The Balaban J connectivity index is 3.02. The fraction of sp³-hybridized carbons (Fsp3) is 0.417. The number of hydrazine groups is 1. The average Bonchev–Trinajstić information content (AvgIpc) is 2.20. The Morgan fingerprint density at radius 2 is 2.00 bits per heavy atom. The van der Waals surface area contributed by atoms with Gasteiger partial charge in [0.05, 0.1) is 5.69 Å². The summed E-state index contributed by atoms with van der Waals surface area (Å²) in [7, 11) is 0. The van der Waals surface area contributed by atoms with Crippen molar-refractivity contribution in [1.82, 2.24) is 5.43 Å². The Morgan fingerprint density at radius 1 is 1.35 bits per heavy atom. The number of hydrogen-bond donors (Lipinski definition) is 3. The monoisotopic (exact) mass is 298 g/mol. The molecule has 0 bridgehead atoms. The molecule has 4 N–H and O–H groups in total. The predicted octanol–water partition coefficient (Wildman–Crippen LogP) is 2.71. The van der Waals surface area contributed by atoms with Gasteiger partial charge >= 0.3 is 0 Å². The molecule has 0 aliphatic rings. The lowest BCUT2D eigenvalue weighted by molar-refractivity contribution is 0.818. The summed E-state index contributed by atoms with van der Waals surface area (Å²) in [4.78, 5) is 4.34. The first-order chi connectivity index (χ1) is 7.93. The second-order valence-corrected chi connectivity index (χ2v) is 5.13. The van der Waals surface area contributed by atoms with Gasteiger partial charge in [0, 0.05) is 10.5 Å². The van der Waals surface area contributed by atoms with Crippen molar-refractivity contribution in [3.05, 3.63) is 27.7 Å². The number of rotatable bonds is 2. The third kappa shape index (κ3) is 4.02. The molecule has 1 rings (SSSR count). The van der Waals surface area contributed by atoms with Crippen molar-refractivity contribution in [1.29, 1.82) is 0 Å². The molecular weight excluding hydrogens is 280 g/mol. The zero-order chi connectivity index (χ0) is 13.0. The Morgan fingerprint density at radius 3 is 2.47 bits per heavy atom. The average molecular weight is 299 g/mol. The summed E-state index contributed by atoms with van der Waals surface area (Å²) in [6.07, 6.45) is 0. The predicted molar refractivity (Wildman–Crippen MR) is 77.1 cm³/mol. The molecule has 0 saturated carbocycles. The minimum Gasteiger partial charge on any atom is -0.324 e. The van der Waals surface area contributed by atoms with Crippen LogP contribution in [0.1, 0.15) is 25.0 Å². The normalized spacial score (nSPS) is 11.8. The summed E-state index contributed by atoms with van der Waals surface area (Å²) in [6, 6.07) is 4.34. The van der Waals surface area contributed by atoms with Crippen LogP contribution in [0.25, 0.3) is 0 Å². The number of aryl methyl sites for hydroxylation is 2. The molecule has 1 aromatic carbocycles. The van der Waals surface area contributed by atoms with Gasteiger partial charge in [-0.2, -0.15) is 0 Å². The zero-order valence-corrected chi connectivity index (χ0v) is 12.2. The van der Waals surface area contributed by atoms with Gasteiger partial charge in [0.15, 0.2) is 0 Å². The van der Waals surface area contributed by atoms with Crippen LogP contribution in [-0.2, 0) is 0 Å². The fourth-order valence-electron chi connectivity index (χ4n) is 1.56. The van der Waals surface area contributed by atoms with E-state index in [-0.39, 0.29) is 6.04 Å². The third-order valence-electron chi connectivity index (χ3n) is 2.20. The number of anilines is 1. The van der Waals surface area contributed by atoms with Gasteiger partial charge in [-0.25, -0.2) is 10.8 Å². The summed E-state index contributed by atoms with van der Waals surface area (Å²) in [5.41, 5.74) is 5.90. The first-order valence-corrected chi connectivity index (χ1v) is 6.31. The van der Waals surface area contributed by atoms with Crippen LogP contribution < -0.4 is 16.6 Å². The van der Waals surface area contributed by atoms with Gasteiger partial charge in [-0.15, -0.1) is 0 Å². The molecular formula is C12H19BrN4. The second kappa shape index (κ2) is 6.02. The summed E-state index contributed by atoms with van der Waals surface area (Å²) < 4.78 is 1.00. The first-order valence-electron chi connectivity index (χ1n) is 5.52. The summed E-state index contributed by atoms with van der Waals surface area (Å²) in [5.74, 6) is 6.00. The molecule has 0 aliphatic carbocycles. The van der Waals surface area contributed by atoms with E-state index in [4.69, 9.17) is 5.84 Å². The van der Waals surface area contributed by atoms with Crippen LogP contribution in [0.5, 0.6) is 0 Å². The highest BCUT2D eigenvalue weighted by atomic mass is 79.9. The van der Waals surface area contributed by atoms with Crippen LogP contribution in [0, 0.1) is 13.8 Å². The van der Waals surface area contributed by atoms with Crippen LogP contribution in [0.3, 0.4) is 0 Å². The molecule has 0 amide bonds. The van der Waals surface area contributed by atoms with E-state index in [0.717, 1.165) is 15.7 Å². The van der Waals surface area contributed by atoms with Gasteiger partial charge in [0.2, 0.25) is 5.96 Å². The number of nitrogens with zero attached hydrogens (tertiary/aromatic N) is 1. The summed E-state index contributed by atoms with van der Waals surface area (Å²) in [6.45, 7) is 8.10. The van der Waals surface area contributed by atoms with Crippen molar-refractivity contribution in [3.63, 3.8) is 0 Å². The van der Waals surface area contributed by atoms with Crippen molar-refractivity contribution in [2.24, 2.45) is 10.8 Å². The highest BCUT2D eigenvalue weighted by molar-refractivity contribution is 9.10. The minimum atomic E-state index is 0.179. The molecule has 94 valence electrons. The molecule has 5 heteroatoms. The number of nitrogens with two attached hydrogens (primary N) is 1. The lowest BCUT2D eigenvalue weighted by atomic mass is 10.1. The largest absolute Gasteiger partial charge is 0.324 e. The van der Waals surface area contributed by atoms with E-state index in [0.29, 0.717) is 5.96 Å². The summed E-state index contributed by atoms with van der Waals surface area (Å²) >= 11 is 3.54. The van der Waals surface area contributed by atoms with Crippen LogP contribution >= 0.6 is 15.9 Å². The number of hydrogen-bond acceptors (Lipinski definition) is 2. The van der Waals surface area contributed by atoms with Crippen molar-refractivity contribution >= 4 is 27.6 Å². The highest BCUT2D eigenvalue weighted by Crippen LogP contribution is 2.27. The molecule has 0 atom stereocenters. The number of aliphatic imine (C=N–C) groups is 1. The maximum absolute atomic E-state index is 5.44. The van der Waals surface area contributed by atoms with Crippen molar-refractivity contribution in [3.8, 4) is 0 Å². The number of benzene rings is 1. The molecule has 0 spiro atoms. The molecule has 17 heavy (non-hydrogen) atoms. The van der Waals surface area contributed by atoms with E-state index in [1.807, 2.05) is 20.8 Å². The van der Waals surface area contributed by atoms with Crippen LogP contribution in [0.2, 0.25) is 0 Å². The van der Waals surface area contributed by atoms with Crippen LogP contribution in [-0.4, -0.2) is 12.0 Å². The van der Waals surface area contributed by atoms with E-state index >= 15 is 0 Å². The molecule has 0 aliphatic heterocycles. The van der Waals surface area contributed by atoms with E-state index in [1.54, 1.807) is 0 Å². The van der Waals surface area contributed by atoms with Crippen LogP contribution in [0.15, 0.2) is 21.6 Å². The molecule has 4 nitrogen and oxygen atoms in total. The summed E-state index contributed by atoms with van der Waals surface area (Å²) in [5, 5.41) is 3.19. The second-order valence-electron chi connectivity index (χ2n) is 4.28. The zero-order valence-electron chi connectivity index (χ0n) is 10.6. The van der Waals surface area contributed by atoms with E-state index in [1.165, 1.54) is 5.56 Å². The van der Waals surface area contributed by atoms with Crippen LogP contribution in [0.4, 0.5) is 5.69 Å². The van der Waals surface area contributed by atoms with Crippen molar-refractivity contribution in [2.75, 3.05) is 5.32 Å². The Labute approximate surface area is 111 Å². The molecule has 0 radical (unpaired) electrons. The number of nitrogens with one attached hydrogen (secondary N) is 2. The van der Waals surface area contributed by atoms with Gasteiger partial charge in [-0.05, 0) is 60.8 Å². The standard InChI is InChI=1S/C12H19BrN4/c1-7(2)15-12(17-14)16-11-9(4)5-8(3)6-10(11)13/h5-7H,14H2,1-4H3,(H2,15,16,17). The topological polar surface area (TPSA) is 62.4 Å². The van der Waals surface area contributed by atoms with Crippen molar-refractivity contribution in [2.45, 2.75) is 33.7 Å². The highest BCUT2D eigenvalue weighted by Gasteiger charge is 2.07. The SMILES string of the molecule is Cc1cc(C)c(NC(=NC(C)C)NN)c(Br)c1. The lowest BCUT2D eigenvalue weighted by Gasteiger charge is -2.15. The number of guanidine groups is 1. The smallest absolute Gasteiger partial charge is 0.210 e. The molecule has 0 aromatic heterocycles. The van der Waals surface area contributed by atoms with Gasteiger partial charge in [0.25, 0.3) is 0 Å². The van der Waals surface area contributed by atoms with Gasteiger partial charge in [0.1, 0.15) is 0 Å². The molecule has 0 saturated heterocycles. The fourth-order valence-corrected chi connectivity index (χ4v) is 2.33. The molecule has 1 aromatic rings. The maximum atomic E-state index is 5.44. The quantitative estimate of drug-likeness (QED) is 0.340. The molecule has 0 fully saturated rings. The maximum Gasteiger partial charge on any atom is 0.210 e. The third-order valence-corrected chi connectivity index (χ3v) is 2.82. The van der Waals surface area contributed by atoms with E-state index in [2.05, 4.69) is 50.7 Å². The van der Waals surface area contributed by atoms with Gasteiger partial charge < -0.3 is 5.32 Å². The minimum absolute atomic E-state index is 0.179. The Bertz CT molecular complexity index is 404. The van der Waals surface area contributed by atoms with E-state index < -0.39 is 0 Å².